The standard InChI is InChI=1S/C38H45N5O8/c44-35(50-37(46)32-9-3-1-4-10-32)28-41-19-7-17-40-22-24-42(29-36(45)51-38(47)33-11-5-2-6-12-33)20-8-18-39(21-23-41)26-31(27-40)25-30-13-15-34(16-14-30)43(48)49/h1-6,9-16,31H,7-8,17-29H2. The van der Waals surface area contributed by atoms with Gasteiger partial charge in [0, 0.05) is 64.5 Å². The summed E-state index contributed by atoms with van der Waals surface area (Å²) in [4.78, 5) is 70.4. The largest absolute Gasteiger partial charge is 0.388 e. The molecule has 0 amide bonds. The minimum atomic E-state index is -0.666. The molecule has 0 N–H and O–H groups in total. The molecule has 270 valence electrons. The van der Waals surface area contributed by atoms with E-state index < -0.39 is 28.8 Å². The molecule has 0 saturated carbocycles. The summed E-state index contributed by atoms with van der Waals surface area (Å²) in [6, 6.07) is 23.6. The summed E-state index contributed by atoms with van der Waals surface area (Å²) in [5, 5.41) is 11.2. The summed E-state index contributed by atoms with van der Waals surface area (Å²) >= 11 is 0. The lowest BCUT2D eigenvalue weighted by Gasteiger charge is -2.31. The first-order valence-corrected chi connectivity index (χ1v) is 17.4. The second-order valence-corrected chi connectivity index (χ2v) is 13.1. The van der Waals surface area contributed by atoms with Crippen LogP contribution in [0.1, 0.15) is 39.1 Å². The molecule has 2 aliphatic heterocycles. The van der Waals surface area contributed by atoms with Crippen LogP contribution in [0.2, 0.25) is 0 Å². The van der Waals surface area contributed by atoms with Gasteiger partial charge in [0.1, 0.15) is 0 Å². The highest BCUT2D eigenvalue weighted by Gasteiger charge is 2.25. The number of rotatable bonds is 9. The van der Waals surface area contributed by atoms with E-state index in [0.29, 0.717) is 50.4 Å². The molecule has 2 saturated heterocycles. The lowest BCUT2D eigenvalue weighted by Crippen LogP contribution is -2.42. The Kier molecular flexibility index (Phi) is 13.9. The molecule has 2 bridgehead atoms. The van der Waals surface area contributed by atoms with Crippen molar-refractivity contribution in [3.8, 4) is 0 Å². The van der Waals surface area contributed by atoms with Crippen LogP contribution in [0.4, 0.5) is 5.69 Å². The number of fused-ring (bicyclic) bond motifs is 4. The molecular formula is C38H45N5O8. The zero-order valence-electron chi connectivity index (χ0n) is 28.8. The molecular weight excluding hydrogens is 654 g/mol. The van der Waals surface area contributed by atoms with Crippen molar-refractivity contribution in [1.29, 1.82) is 0 Å². The molecule has 3 aromatic carbocycles. The lowest BCUT2D eigenvalue weighted by atomic mass is 9.97. The number of non-ortho nitro benzene ring substituents is 1. The highest BCUT2D eigenvalue weighted by molar-refractivity contribution is 5.97. The van der Waals surface area contributed by atoms with E-state index >= 15 is 0 Å². The highest BCUT2D eigenvalue weighted by Crippen LogP contribution is 2.19. The zero-order valence-corrected chi connectivity index (χ0v) is 28.8. The summed E-state index contributed by atoms with van der Waals surface area (Å²) in [7, 11) is 0. The van der Waals surface area contributed by atoms with Crippen molar-refractivity contribution < 1.29 is 33.6 Å². The van der Waals surface area contributed by atoms with Crippen LogP contribution in [0.15, 0.2) is 84.9 Å². The van der Waals surface area contributed by atoms with Crippen LogP contribution >= 0.6 is 0 Å². The van der Waals surface area contributed by atoms with E-state index in [0.717, 1.165) is 51.0 Å². The maximum Gasteiger partial charge on any atom is 0.345 e. The molecule has 2 heterocycles. The number of esters is 4. The number of hydrogen-bond donors (Lipinski definition) is 0. The summed E-state index contributed by atoms with van der Waals surface area (Å²) in [5.41, 5.74) is 1.73. The summed E-state index contributed by atoms with van der Waals surface area (Å²) in [6.45, 7) is 6.78. The predicted molar refractivity (Wildman–Crippen MR) is 189 cm³/mol. The van der Waals surface area contributed by atoms with E-state index in [9.17, 15) is 29.3 Å². The molecule has 3 aromatic rings. The van der Waals surface area contributed by atoms with Gasteiger partial charge in [-0.25, -0.2) is 9.59 Å². The molecule has 2 atom stereocenters. The van der Waals surface area contributed by atoms with Gasteiger partial charge in [0.25, 0.3) is 5.69 Å². The Morgan fingerprint density at radius 1 is 0.608 bits per heavy atom. The van der Waals surface area contributed by atoms with Crippen molar-refractivity contribution in [1.82, 2.24) is 19.6 Å². The van der Waals surface area contributed by atoms with Crippen molar-refractivity contribution >= 4 is 29.6 Å². The Hall–Kier alpha value is -4.82. The molecule has 5 rings (SSSR count). The van der Waals surface area contributed by atoms with Crippen molar-refractivity contribution in [2.24, 2.45) is 5.92 Å². The van der Waals surface area contributed by atoms with E-state index in [1.807, 2.05) is 21.9 Å². The second-order valence-electron chi connectivity index (χ2n) is 13.1. The maximum absolute atomic E-state index is 12.9. The maximum atomic E-state index is 12.9. The molecule has 2 aliphatic rings. The Balaban J connectivity index is 1.27. The molecule has 2 unspecified atom stereocenters. The average molecular weight is 700 g/mol. The molecule has 2 fully saturated rings. The fourth-order valence-corrected chi connectivity index (χ4v) is 6.64. The third-order valence-electron chi connectivity index (χ3n) is 9.20. The van der Waals surface area contributed by atoms with Gasteiger partial charge in [-0.2, -0.15) is 0 Å². The fraction of sp³-hybridized carbons (Fsp3) is 0.421. The van der Waals surface area contributed by atoms with Gasteiger partial charge in [-0.3, -0.25) is 29.5 Å². The number of nitro benzene ring substituents is 1. The highest BCUT2D eigenvalue weighted by atomic mass is 16.6. The normalized spacial score (nSPS) is 20.7. The molecule has 0 aliphatic carbocycles. The van der Waals surface area contributed by atoms with Gasteiger partial charge in [0.15, 0.2) is 0 Å². The van der Waals surface area contributed by atoms with Crippen molar-refractivity contribution in [2.45, 2.75) is 19.3 Å². The molecule has 51 heavy (non-hydrogen) atoms. The van der Waals surface area contributed by atoms with Gasteiger partial charge in [-0.1, -0.05) is 48.5 Å². The van der Waals surface area contributed by atoms with Gasteiger partial charge in [-0.15, -0.1) is 0 Å². The van der Waals surface area contributed by atoms with Crippen LogP contribution in [0.3, 0.4) is 0 Å². The van der Waals surface area contributed by atoms with Crippen LogP contribution in [0.5, 0.6) is 0 Å². The van der Waals surface area contributed by atoms with Gasteiger partial charge in [0.05, 0.1) is 29.1 Å². The van der Waals surface area contributed by atoms with E-state index in [-0.39, 0.29) is 24.7 Å². The Morgan fingerprint density at radius 3 is 1.49 bits per heavy atom. The number of ether oxygens (including phenoxy) is 2. The van der Waals surface area contributed by atoms with E-state index in [1.54, 1.807) is 72.8 Å². The number of carbonyl (C=O) groups excluding carboxylic acids is 4. The summed E-state index contributed by atoms with van der Waals surface area (Å²) in [6.07, 6.45) is 2.26. The topological polar surface area (TPSA) is 143 Å². The van der Waals surface area contributed by atoms with Gasteiger partial charge < -0.3 is 19.3 Å². The first-order valence-electron chi connectivity index (χ1n) is 17.4. The monoisotopic (exact) mass is 699 g/mol. The van der Waals surface area contributed by atoms with Gasteiger partial charge in [-0.05, 0) is 68.1 Å². The Labute approximate surface area is 297 Å². The first kappa shape index (κ1) is 37.4. The predicted octanol–water partition coefficient (Wildman–Crippen LogP) is 3.54. The number of benzene rings is 3. The van der Waals surface area contributed by atoms with E-state index in [2.05, 4.69) is 9.80 Å². The quantitative estimate of drug-likeness (QED) is 0.140. The molecule has 13 nitrogen and oxygen atoms in total. The van der Waals surface area contributed by atoms with Crippen molar-refractivity contribution in [2.75, 3.05) is 78.5 Å². The number of hydrogen-bond acceptors (Lipinski definition) is 12. The molecule has 0 aromatic heterocycles. The zero-order chi connectivity index (χ0) is 36.0. The van der Waals surface area contributed by atoms with Crippen LogP contribution in [-0.4, -0.2) is 127 Å². The Morgan fingerprint density at radius 2 is 1.06 bits per heavy atom. The average Bonchev–Trinajstić information content (AvgIpc) is 3.18. The first-order chi connectivity index (χ1) is 24.7. The molecule has 13 heteroatoms. The van der Waals surface area contributed by atoms with Gasteiger partial charge in [0.2, 0.25) is 0 Å². The third-order valence-corrected chi connectivity index (χ3v) is 9.20. The van der Waals surface area contributed by atoms with Crippen LogP contribution < -0.4 is 0 Å². The summed E-state index contributed by atoms with van der Waals surface area (Å²) in [5.74, 6) is -2.30. The van der Waals surface area contributed by atoms with Crippen LogP contribution in [-0.2, 0) is 25.5 Å². The van der Waals surface area contributed by atoms with E-state index in [4.69, 9.17) is 9.47 Å². The lowest BCUT2D eigenvalue weighted by molar-refractivity contribution is -0.384. The van der Waals surface area contributed by atoms with E-state index in [1.165, 1.54) is 0 Å². The molecule has 0 spiro atoms. The Bertz CT molecular complexity index is 1530. The fourth-order valence-electron chi connectivity index (χ4n) is 6.64. The van der Waals surface area contributed by atoms with Gasteiger partial charge >= 0.3 is 23.9 Å². The summed E-state index contributed by atoms with van der Waals surface area (Å²) < 4.78 is 10.4. The van der Waals surface area contributed by atoms with Crippen molar-refractivity contribution in [3.63, 3.8) is 0 Å². The third kappa shape index (κ3) is 12.2. The number of nitrogens with zero attached hydrogens (tertiary/aromatic N) is 5. The minimum Gasteiger partial charge on any atom is -0.388 e. The SMILES string of the molecule is O=C(CN1CCCN2CCN(CC(=O)OC(=O)c3ccccc3)CCCN(CC1)CC(Cc1ccc([N+](=O)[O-])cc1)C2)OC(=O)c1ccccc1. The van der Waals surface area contributed by atoms with Crippen LogP contribution in [0.25, 0.3) is 0 Å². The van der Waals surface area contributed by atoms with Crippen LogP contribution in [0, 0.1) is 16.0 Å². The number of nitro groups is 1. The molecule has 0 radical (unpaired) electrons. The smallest absolute Gasteiger partial charge is 0.345 e. The second kappa shape index (κ2) is 19.0. The van der Waals surface area contributed by atoms with Crippen molar-refractivity contribution in [3.05, 3.63) is 112 Å². The minimum absolute atomic E-state index is 0.00374. The number of carbonyl (C=O) groups is 4.